The maximum Gasteiger partial charge on any atom is 0.167 e. The van der Waals surface area contributed by atoms with Crippen molar-refractivity contribution in [2.24, 2.45) is 0 Å². The van der Waals surface area contributed by atoms with Crippen LogP contribution in [0.4, 0.5) is 5.82 Å². The average Bonchev–Trinajstić information content (AvgIpc) is 2.99. The fraction of sp³-hybridized carbons (Fsp3) is 0.500. The Kier molecular flexibility index (Phi) is 4.82. The van der Waals surface area contributed by atoms with Gasteiger partial charge in [-0.25, -0.2) is 4.98 Å². The zero-order valence-electron chi connectivity index (χ0n) is 12.5. The molecule has 0 fully saturated rings. The van der Waals surface area contributed by atoms with Gasteiger partial charge < -0.3 is 5.32 Å². The molecule has 1 atom stereocenters. The molecule has 0 bridgehead atoms. The van der Waals surface area contributed by atoms with Crippen molar-refractivity contribution in [1.29, 1.82) is 5.26 Å². The van der Waals surface area contributed by atoms with Crippen LogP contribution in [0.15, 0.2) is 12.7 Å². The van der Waals surface area contributed by atoms with Crippen LogP contribution in [-0.2, 0) is 19.4 Å². The Morgan fingerprint density at radius 1 is 1.33 bits per heavy atom. The third-order valence-electron chi connectivity index (χ3n) is 3.27. The van der Waals surface area contributed by atoms with E-state index in [0.717, 1.165) is 24.1 Å². The molecule has 0 spiro atoms. The van der Waals surface area contributed by atoms with Crippen LogP contribution in [0.1, 0.15) is 37.6 Å². The van der Waals surface area contributed by atoms with E-state index >= 15 is 0 Å². The van der Waals surface area contributed by atoms with Gasteiger partial charge in [0.2, 0.25) is 0 Å². The third-order valence-corrected chi connectivity index (χ3v) is 3.27. The van der Waals surface area contributed by atoms with E-state index in [1.807, 2.05) is 20.8 Å². The van der Waals surface area contributed by atoms with E-state index in [-0.39, 0.29) is 6.04 Å². The van der Waals surface area contributed by atoms with Crippen LogP contribution in [0.2, 0.25) is 0 Å². The van der Waals surface area contributed by atoms with Crippen molar-refractivity contribution in [2.75, 3.05) is 5.32 Å². The first-order valence-electron chi connectivity index (χ1n) is 7.07. The third kappa shape index (κ3) is 3.34. The second-order valence-electron chi connectivity index (χ2n) is 4.83. The van der Waals surface area contributed by atoms with Crippen molar-refractivity contribution in [1.82, 2.24) is 25.0 Å². The lowest BCUT2D eigenvalue weighted by molar-refractivity contribution is 0.557. The van der Waals surface area contributed by atoms with Crippen LogP contribution in [0.3, 0.4) is 0 Å². The lowest BCUT2D eigenvalue weighted by Gasteiger charge is -2.17. The van der Waals surface area contributed by atoms with Gasteiger partial charge in [0.1, 0.15) is 24.3 Å². The van der Waals surface area contributed by atoms with Crippen LogP contribution in [0.25, 0.3) is 0 Å². The Morgan fingerprint density at radius 2 is 2.14 bits per heavy atom. The fourth-order valence-electron chi connectivity index (χ4n) is 2.28. The minimum Gasteiger partial charge on any atom is -0.363 e. The highest BCUT2D eigenvalue weighted by Gasteiger charge is 2.16. The lowest BCUT2D eigenvalue weighted by Crippen LogP contribution is -2.24. The van der Waals surface area contributed by atoms with Crippen molar-refractivity contribution in [2.45, 2.75) is 46.2 Å². The minimum atomic E-state index is 0.0604. The highest BCUT2D eigenvalue weighted by Crippen LogP contribution is 2.20. The van der Waals surface area contributed by atoms with Crippen molar-refractivity contribution >= 4 is 5.82 Å². The number of anilines is 1. The van der Waals surface area contributed by atoms with E-state index in [1.165, 1.54) is 6.33 Å². The Bertz CT molecular complexity index is 628. The number of hydrogen-bond acceptors (Lipinski definition) is 6. The molecule has 110 valence electrons. The zero-order chi connectivity index (χ0) is 15.2. The second kappa shape index (κ2) is 6.79. The fourth-order valence-corrected chi connectivity index (χ4v) is 2.28. The number of rotatable bonds is 6. The standard InChI is InChI=1S/C14H19N7/c1-4-11-12(6-15)14(20-19-13(11)5-2)18-10(3)7-21-9-16-8-17-21/h8-10H,4-5,7H2,1-3H3,(H,18,20). The number of nitriles is 1. The molecule has 0 aliphatic heterocycles. The number of nitrogens with zero attached hydrogens (tertiary/aromatic N) is 6. The number of aryl methyl sites for hydroxylation is 1. The van der Waals surface area contributed by atoms with E-state index in [4.69, 9.17) is 0 Å². The molecule has 0 aliphatic rings. The second-order valence-corrected chi connectivity index (χ2v) is 4.83. The maximum absolute atomic E-state index is 9.43. The summed E-state index contributed by atoms with van der Waals surface area (Å²) in [5, 5.41) is 25.1. The molecule has 2 heterocycles. The van der Waals surface area contributed by atoms with E-state index in [2.05, 4.69) is 31.7 Å². The summed E-state index contributed by atoms with van der Waals surface area (Å²) in [5.74, 6) is 0.541. The maximum atomic E-state index is 9.43. The van der Waals surface area contributed by atoms with Gasteiger partial charge in [-0.1, -0.05) is 13.8 Å². The number of hydrogen-bond donors (Lipinski definition) is 1. The molecule has 1 N–H and O–H groups in total. The molecule has 2 aromatic heterocycles. The number of aromatic nitrogens is 5. The normalized spacial score (nSPS) is 11.9. The van der Waals surface area contributed by atoms with Gasteiger partial charge in [-0.3, -0.25) is 4.68 Å². The first kappa shape index (κ1) is 14.9. The highest BCUT2D eigenvalue weighted by molar-refractivity contribution is 5.56. The molecule has 1 unspecified atom stereocenters. The Balaban J connectivity index is 2.21. The topological polar surface area (TPSA) is 92.3 Å². The van der Waals surface area contributed by atoms with Gasteiger partial charge in [0.25, 0.3) is 0 Å². The van der Waals surface area contributed by atoms with Crippen LogP contribution in [0, 0.1) is 11.3 Å². The Hall–Kier alpha value is -2.49. The predicted octanol–water partition coefficient (Wildman–Crippen LogP) is 1.57. The van der Waals surface area contributed by atoms with Crippen molar-refractivity contribution in [3.8, 4) is 6.07 Å². The molecule has 7 nitrogen and oxygen atoms in total. The van der Waals surface area contributed by atoms with Gasteiger partial charge in [0, 0.05) is 6.04 Å². The minimum absolute atomic E-state index is 0.0604. The molecule has 0 radical (unpaired) electrons. The SMILES string of the molecule is CCc1nnc(NC(C)Cn2cncn2)c(C#N)c1CC. The smallest absolute Gasteiger partial charge is 0.167 e. The van der Waals surface area contributed by atoms with Gasteiger partial charge in [0.15, 0.2) is 5.82 Å². The monoisotopic (exact) mass is 285 g/mol. The molecule has 21 heavy (non-hydrogen) atoms. The summed E-state index contributed by atoms with van der Waals surface area (Å²) in [6.07, 6.45) is 4.71. The molecular formula is C14H19N7. The molecule has 0 aliphatic carbocycles. The summed E-state index contributed by atoms with van der Waals surface area (Å²) in [6, 6.07) is 2.31. The first-order valence-corrected chi connectivity index (χ1v) is 7.07. The molecular weight excluding hydrogens is 266 g/mol. The highest BCUT2D eigenvalue weighted by atomic mass is 15.3. The summed E-state index contributed by atoms with van der Waals surface area (Å²) in [4.78, 5) is 3.91. The molecule has 7 heteroatoms. The lowest BCUT2D eigenvalue weighted by atomic mass is 10.0. The molecule has 0 amide bonds. The summed E-state index contributed by atoms with van der Waals surface area (Å²) >= 11 is 0. The average molecular weight is 285 g/mol. The molecule has 0 aromatic carbocycles. The summed E-state index contributed by atoms with van der Waals surface area (Å²) in [5.41, 5.74) is 2.46. The molecule has 0 saturated carbocycles. The van der Waals surface area contributed by atoms with E-state index < -0.39 is 0 Å². The van der Waals surface area contributed by atoms with Crippen LogP contribution in [0.5, 0.6) is 0 Å². The predicted molar refractivity (Wildman–Crippen MR) is 78.6 cm³/mol. The largest absolute Gasteiger partial charge is 0.363 e. The summed E-state index contributed by atoms with van der Waals surface area (Å²) < 4.78 is 1.73. The van der Waals surface area contributed by atoms with E-state index in [9.17, 15) is 5.26 Å². The van der Waals surface area contributed by atoms with E-state index in [0.29, 0.717) is 17.9 Å². The molecule has 0 saturated heterocycles. The van der Waals surface area contributed by atoms with Gasteiger partial charge in [-0.05, 0) is 25.3 Å². The van der Waals surface area contributed by atoms with Crippen molar-refractivity contribution in [3.05, 3.63) is 29.5 Å². The van der Waals surface area contributed by atoms with Crippen molar-refractivity contribution < 1.29 is 0 Å². The van der Waals surface area contributed by atoms with Gasteiger partial charge in [-0.2, -0.15) is 15.5 Å². The molecule has 2 aromatic rings. The van der Waals surface area contributed by atoms with Gasteiger partial charge in [-0.15, -0.1) is 5.10 Å². The van der Waals surface area contributed by atoms with Crippen LogP contribution in [-0.4, -0.2) is 31.0 Å². The molecule has 2 rings (SSSR count). The van der Waals surface area contributed by atoms with E-state index in [1.54, 1.807) is 11.0 Å². The van der Waals surface area contributed by atoms with Gasteiger partial charge >= 0.3 is 0 Å². The van der Waals surface area contributed by atoms with Crippen LogP contribution < -0.4 is 5.32 Å². The van der Waals surface area contributed by atoms with Crippen molar-refractivity contribution in [3.63, 3.8) is 0 Å². The Labute approximate surface area is 124 Å². The summed E-state index contributed by atoms with van der Waals surface area (Å²) in [6.45, 7) is 6.69. The summed E-state index contributed by atoms with van der Waals surface area (Å²) in [7, 11) is 0. The van der Waals surface area contributed by atoms with Crippen LogP contribution >= 0.6 is 0 Å². The zero-order valence-corrected chi connectivity index (χ0v) is 12.5. The first-order chi connectivity index (χ1) is 10.2. The number of nitrogens with one attached hydrogen (secondary N) is 1. The Morgan fingerprint density at radius 3 is 2.71 bits per heavy atom. The van der Waals surface area contributed by atoms with Gasteiger partial charge in [0.05, 0.1) is 12.2 Å². The quantitative estimate of drug-likeness (QED) is 0.866.